The van der Waals surface area contributed by atoms with Gasteiger partial charge in [0.2, 0.25) is 0 Å². The van der Waals surface area contributed by atoms with Gasteiger partial charge in [0.05, 0.1) is 5.69 Å². The Labute approximate surface area is 108 Å². The normalized spacial score (nSPS) is 24.6. The molecule has 1 N–H and O–H groups in total. The topological polar surface area (TPSA) is 28.2 Å². The van der Waals surface area contributed by atoms with E-state index in [-0.39, 0.29) is 0 Å². The highest BCUT2D eigenvalue weighted by atomic mass is 32.1. The molecule has 1 aromatic rings. The minimum absolute atomic E-state index is 0.646. The van der Waals surface area contributed by atoms with Gasteiger partial charge in [0.25, 0.3) is 0 Å². The second-order valence-electron chi connectivity index (χ2n) is 4.93. The number of aryl methyl sites for hydroxylation is 1. The van der Waals surface area contributed by atoms with Crippen LogP contribution < -0.4 is 10.2 Å². The first kappa shape index (κ1) is 12.8. The van der Waals surface area contributed by atoms with Crippen molar-refractivity contribution in [2.45, 2.75) is 58.7 Å². The first-order valence-corrected chi connectivity index (χ1v) is 7.38. The third kappa shape index (κ3) is 2.47. The highest BCUT2D eigenvalue weighted by molar-refractivity contribution is 7.15. The van der Waals surface area contributed by atoms with Crippen molar-refractivity contribution in [3.05, 3.63) is 10.6 Å². The van der Waals surface area contributed by atoms with Crippen LogP contribution in [-0.4, -0.2) is 24.1 Å². The van der Waals surface area contributed by atoms with Crippen LogP contribution in [0.25, 0.3) is 0 Å². The van der Waals surface area contributed by atoms with Gasteiger partial charge in [0.1, 0.15) is 0 Å². The molecule has 0 radical (unpaired) electrons. The number of hydrogen-bond donors (Lipinski definition) is 1. The molecule has 2 unspecified atom stereocenters. The lowest BCUT2D eigenvalue weighted by atomic mass is 10.2. The molecule has 1 fully saturated rings. The average molecular weight is 253 g/mol. The molecule has 3 nitrogen and oxygen atoms in total. The minimum Gasteiger partial charge on any atom is -0.342 e. The van der Waals surface area contributed by atoms with E-state index in [0.29, 0.717) is 12.1 Å². The van der Waals surface area contributed by atoms with E-state index in [0.717, 1.165) is 6.54 Å². The molecule has 0 saturated carbocycles. The van der Waals surface area contributed by atoms with E-state index >= 15 is 0 Å². The monoisotopic (exact) mass is 253 g/mol. The maximum Gasteiger partial charge on any atom is 0.186 e. The lowest BCUT2D eigenvalue weighted by molar-refractivity contribution is 0.626. The summed E-state index contributed by atoms with van der Waals surface area (Å²) in [5, 5.41) is 4.44. The van der Waals surface area contributed by atoms with E-state index < -0.39 is 0 Å². The first-order valence-electron chi connectivity index (χ1n) is 6.56. The largest absolute Gasteiger partial charge is 0.342 e. The maximum absolute atomic E-state index is 4.76. The second kappa shape index (κ2) is 5.36. The van der Waals surface area contributed by atoms with Crippen LogP contribution in [0.5, 0.6) is 0 Å². The minimum atomic E-state index is 0.646. The van der Waals surface area contributed by atoms with Crippen molar-refractivity contribution in [3.63, 3.8) is 0 Å². The molecule has 2 heterocycles. The molecule has 0 aromatic carbocycles. The van der Waals surface area contributed by atoms with Crippen LogP contribution in [0.3, 0.4) is 0 Å². The molecule has 17 heavy (non-hydrogen) atoms. The fraction of sp³-hybridized carbons (Fsp3) is 0.769. The zero-order chi connectivity index (χ0) is 12.4. The van der Waals surface area contributed by atoms with Crippen LogP contribution in [0.2, 0.25) is 0 Å². The highest BCUT2D eigenvalue weighted by Gasteiger charge is 2.31. The van der Waals surface area contributed by atoms with Crippen LogP contribution in [0.15, 0.2) is 0 Å². The van der Waals surface area contributed by atoms with E-state index in [1.165, 1.54) is 35.0 Å². The summed E-state index contributed by atoms with van der Waals surface area (Å²) in [5.74, 6) is 0. The van der Waals surface area contributed by atoms with Gasteiger partial charge in [-0.05, 0) is 40.2 Å². The number of nitrogens with zero attached hydrogens (tertiary/aromatic N) is 2. The average Bonchev–Trinajstić information content (AvgIpc) is 2.83. The van der Waals surface area contributed by atoms with E-state index in [2.05, 4.69) is 31.0 Å². The zero-order valence-corrected chi connectivity index (χ0v) is 12.1. The fourth-order valence-electron chi connectivity index (χ4n) is 2.66. The Bertz CT molecular complexity index is 375. The molecular formula is C13H23N3S. The number of rotatable bonds is 4. The van der Waals surface area contributed by atoms with E-state index in [1.54, 1.807) is 0 Å². The summed E-state index contributed by atoms with van der Waals surface area (Å²) in [6.07, 6.45) is 3.85. The fourth-order valence-corrected chi connectivity index (χ4v) is 3.91. The Kier molecular flexibility index (Phi) is 4.05. The van der Waals surface area contributed by atoms with Crippen molar-refractivity contribution in [1.82, 2.24) is 10.3 Å². The molecule has 1 aliphatic heterocycles. The third-order valence-electron chi connectivity index (χ3n) is 3.70. The molecule has 0 bridgehead atoms. The van der Waals surface area contributed by atoms with Crippen molar-refractivity contribution >= 4 is 16.5 Å². The summed E-state index contributed by atoms with van der Waals surface area (Å²) >= 11 is 1.86. The predicted molar refractivity (Wildman–Crippen MR) is 74.9 cm³/mol. The molecule has 1 aliphatic rings. The Hall–Kier alpha value is -0.610. The van der Waals surface area contributed by atoms with Gasteiger partial charge in [-0.25, -0.2) is 4.98 Å². The Morgan fingerprint density at radius 3 is 2.88 bits per heavy atom. The summed E-state index contributed by atoms with van der Waals surface area (Å²) in [5.41, 5.74) is 1.19. The molecule has 0 aliphatic carbocycles. The van der Waals surface area contributed by atoms with E-state index in [9.17, 15) is 0 Å². The van der Waals surface area contributed by atoms with Crippen LogP contribution in [-0.2, 0) is 6.54 Å². The van der Waals surface area contributed by atoms with E-state index in [4.69, 9.17) is 4.98 Å². The summed E-state index contributed by atoms with van der Waals surface area (Å²) in [7, 11) is 1.99. The Morgan fingerprint density at radius 1 is 1.47 bits per heavy atom. The van der Waals surface area contributed by atoms with Gasteiger partial charge in [-0.3, -0.25) is 0 Å². The molecule has 0 spiro atoms. The first-order chi connectivity index (χ1) is 8.17. The van der Waals surface area contributed by atoms with Crippen molar-refractivity contribution < 1.29 is 0 Å². The lowest BCUT2D eigenvalue weighted by Crippen LogP contribution is -2.33. The van der Waals surface area contributed by atoms with Crippen molar-refractivity contribution in [2.75, 3.05) is 11.9 Å². The number of aromatic nitrogens is 1. The lowest BCUT2D eigenvalue weighted by Gasteiger charge is -2.27. The van der Waals surface area contributed by atoms with Crippen LogP contribution in [0, 0.1) is 6.92 Å². The Morgan fingerprint density at radius 2 is 2.24 bits per heavy atom. The van der Waals surface area contributed by atoms with Gasteiger partial charge in [-0.1, -0.05) is 6.92 Å². The molecule has 4 heteroatoms. The number of hydrogen-bond acceptors (Lipinski definition) is 4. The molecule has 0 amide bonds. The van der Waals surface area contributed by atoms with Gasteiger partial charge in [-0.15, -0.1) is 11.3 Å². The van der Waals surface area contributed by atoms with Crippen LogP contribution in [0.1, 0.15) is 43.7 Å². The third-order valence-corrected chi connectivity index (χ3v) is 4.87. The number of nitrogens with one attached hydrogen (secondary N) is 1. The quantitative estimate of drug-likeness (QED) is 0.894. The predicted octanol–water partition coefficient (Wildman–Crippen LogP) is 2.94. The van der Waals surface area contributed by atoms with Crippen LogP contribution in [0.4, 0.5) is 5.13 Å². The second-order valence-corrected chi connectivity index (χ2v) is 5.99. The summed E-state index contributed by atoms with van der Waals surface area (Å²) in [6, 6.07) is 1.34. The van der Waals surface area contributed by atoms with Crippen LogP contribution >= 0.6 is 11.3 Å². The SMILES string of the molecule is CCC1CCC(C)N1c1nc(C)c(CNC)s1. The number of thiazole rings is 1. The molecule has 2 atom stereocenters. The van der Waals surface area contributed by atoms with Gasteiger partial charge in [0.15, 0.2) is 5.13 Å². The molecule has 1 saturated heterocycles. The van der Waals surface area contributed by atoms with Gasteiger partial charge >= 0.3 is 0 Å². The molecular weight excluding hydrogens is 230 g/mol. The van der Waals surface area contributed by atoms with Gasteiger partial charge in [-0.2, -0.15) is 0 Å². The van der Waals surface area contributed by atoms with Crippen molar-refractivity contribution in [3.8, 4) is 0 Å². The smallest absolute Gasteiger partial charge is 0.186 e. The molecule has 96 valence electrons. The van der Waals surface area contributed by atoms with Gasteiger partial charge in [0, 0.05) is 23.5 Å². The maximum atomic E-state index is 4.76. The Balaban J connectivity index is 2.23. The molecule has 2 rings (SSSR count). The van der Waals surface area contributed by atoms with Crippen molar-refractivity contribution in [2.24, 2.45) is 0 Å². The zero-order valence-electron chi connectivity index (χ0n) is 11.3. The number of anilines is 1. The summed E-state index contributed by atoms with van der Waals surface area (Å²) in [4.78, 5) is 8.67. The molecule has 1 aromatic heterocycles. The van der Waals surface area contributed by atoms with E-state index in [1.807, 2.05) is 18.4 Å². The summed E-state index contributed by atoms with van der Waals surface area (Å²) in [6.45, 7) is 7.66. The highest BCUT2D eigenvalue weighted by Crippen LogP contribution is 2.35. The standard InChI is InChI=1S/C13H23N3S/c1-5-11-7-6-9(2)16(11)13-15-10(3)12(17-13)8-14-4/h9,11,14H,5-8H2,1-4H3. The van der Waals surface area contributed by atoms with Gasteiger partial charge < -0.3 is 10.2 Å². The van der Waals surface area contributed by atoms with Crippen molar-refractivity contribution in [1.29, 1.82) is 0 Å². The summed E-state index contributed by atoms with van der Waals surface area (Å²) < 4.78 is 0.